The van der Waals surface area contributed by atoms with Crippen molar-refractivity contribution in [1.82, 2.24) is 40.0 Å². The summed E-state index contributed by atoms with van der Waals surface area (Å²) in [7, 11) is 0. The monoisotopic (exact) mass is 2010 g/mol. The number of hydrogen-bond donors (Lipinski definition) is 18. The topological polar surface area (TPSA) is 670 Å². The van der Waals surface area contributed by atoms with E-state index in [-0.39, 0.29) is 185 Å². The molecule has 45 heteroatoms. The standard InChI is InChI=1S/C84H160N8O36.Gd/c1-77(37-93,38-94)53-121-29-63(30-122-54-78(2,39-95)40-96)25-85-71(111)11-9-67(73(113)114)89-17-18-90(68(74(115)116)10-12-72(112)86-26-64(31-123-55-79(3,41-97)42-98)32-124-56-80(4,43-99)44-100)20-22-92(70(76(119)120)14-16-88(62-110)28-66(35-127-59-83(7,49-105)50-106)36-128-60-84(8,51-107)52-108)24-23-91(21-19-89)69(75(117)118)13-15-87(61-109)27-65(33-125-57-81(5,45-101)46-102)34-126-58-82(6,47-103)48-104;/h61-70,93-108H,9-60H2,1-8H3,(H,85,111)(H,86,112)(H,113,114)(H,115,116)(H,117,118)(H,119,120);/q;+3/p-4. The number of aliphatic hydroxyl groups is 16. The number of carbonyl (C=O) groups excluding carboxylic acids is 8. The van der Waals surface area contributed by atoms with Gasteiger partial charge < -0.3 is 180 Å². The summed E-state index contributed by atoms with van der Waals surface area (Å²) >= 11 is 0. The second-order valence-corrected chi connectivity index (χ2v) is 37.5. The van der Waals surface area contributed by atoms with E-state index in [4.69, 9.17) is 37.9 Å². The molecule has 0 aromatic heterocycles. The zero-order valence-corrected chi connectivity index (χ0v) is 79.2. The molecule has 18 N–H and O–H groups in total. The average Bonchev–Trinajstić information content (AvgIpc) is 0.835. The predicted molar refractivity (Wildman–Crippen MR) is 449 cm³/mol. The summed E-state index contributed by atoms with van der Waals surface area (Å²) in [6.45, 7) is -2.87. The first kappa shape index (κ1) is 125. The van der Waals surface area contributed by atoms with Gasteiger partial charge in [0.25, 0.3) is 0 Å². The van der Waals surface area contributed by atoms with Crippen molar-refractivity contribution in [1.29, 1.82) is 0 Å². The smallest absolute Gasteiger partial charge is 0.548 e. The molecule has 0 saturated carbocycles. The molecule has 0 aromatic rings. The van der Waals surface area contributed by atoms with Crippen LogP contribution in [0.2, 0.25) is 0 Å². The summed E-state index contributed by atoms with van der Waals surface area (Å²) in [5.74, 6) is -11.3. The first-order chi connectivity index (χ1) is 60.5. The molecule has 0 spiro atoms. The summed E-state index contributed by atoms with van der Waals surface area (Å²) in [5.41, 5.74) is -8.75. The number of rotatable bonds is 78. The van der Waals surface area contributed by atoms with Crippen LogP contribution in [0, 0.1) is 107 Å². The number of ether oxygens (including phenoxy) is 8. The third-order valence-corrected chi connectivity index (χ3v) is 23.2. The number of aliphatic hydroxyl groups excluding tert-OH is 16. The summed E-state index contributed by atoms with van der Waals surface area (Å²) in [6, 6.07) is -7.04. The quantitative estimate of drug-likeness (QED) is 0.0251. The van der Waals surface area contributed by atoms with Crippen LogP contribution in [-0.4, -0.2) is 487 Å². The second-order valence-electron chi connectivity index (χ2n) is 37.5. The molecular formula is C84H156GdN8O36-. The van der Waals surface area contributed by atoms with E-state index in [1.54, 1.807) is 55.4 Å². The number of carbonyl (C=O) groups is 8. The van der Waals surface area contributed by atoms with Crippen molar-refractivity contribution in [2.24, 2.45) is 67.0 Å². The van der Waals surface area contributed by atoms with E-state index in [0.29, 0.717) is 12.8 Å². The van der Waals surface area contributed by atoms with Crippen LogP contribution in [-0.2, 0) is 76.3 Å². The Bertz CT molecular complexity index is 2740. The van der Waals surface area contributed by atoms with E-state index in [0.717, 1.165) is 0 Å². The van der Waals surface area contributed by atoms with E-state index in [1.807, 2.05) is 0 Å². The SMILES string of the molecule is CC(CO)(CO)COCC(CNC(=O)CCC(C(=O)[O-])N1CCN(C(CCC(=O)NCC(COCC(C)(CO)CO)COCC(C)(CO)CO)C(=O)[O-])CCN(C(CCN(C=O)CC(COCC(C)(CO)CO)COCC(C)(CO)CO)C(=O)[O-])CCN(C(CCN(C=O)CC(COCC(C)(CO)CO)COCC(C)(CO)CO)C(=O)[O-])CC1)COCC(C)(CO)CO.[Gd+3]. The third-order valence-electron chi connectivity index (χ3n) is 23.2. The van der Waals surface area contributed by atoms with Crippen LogP contribution in [0.25, 0.3) is 0 Å². The fourth-order valence-corrected chi connectivity index (χ4v) is 12.9. The summed E-state index contributed by atoms with van der Waals surface area (Å²) in [6.07, 6.45) is -2.30. The van der Waals surface area contributed by atoms with Crippen molar-refractivity contribution in [3.63, 3.8) is 0 Å². The number of aliphatic carboxylic acids is 4. The van der Waals surface area contributed by atoms with Crippen LogP contribution in [0.1, 0.15) is 93.9 Å². The van der Waals surface area contributed by atoms with Crippen LogP contribution >= 0.6 is 0 Å². The van der Waals surface area contributed by atoms with Crippen LogP contribution in [0.3, 0.4) is 0 Å². The molecule has 129 heavy (non-hydrogen) atoms. The minimum atomic E-state index is -1.78. The third kappa shape index (κ3) is 49.0. The number of nitrogens with one attached hydrogen (secondary N) is 2. The molecule has 0 aliphatic carbocycles. The molecule has 1 rings (SSSR count). The maximum Gasteiger partial charge on any atom is 3.00 e. The molecule has 1 fully saturated rings. The van der Waals surface area contributed by atoms with Gasteiger partial charge in [0.2, 0.25) is 24.6 Å². The first-order valence-electron chi connectivity index (χ1n) is 43.6. The van der Waals surface area contributed by atoms with Crippen LogP contribution in [0.4, 0.5) is 0 Å². The molecule has 44 nitrogen and oxygen atoms in total. The average molecular weight is 2010 g/mol. The Morgan fingerprint density at radius 3 is 0.620 bits per heavy atom. The molecule has 4 unspecified atom stereocenters. The van der Waals surface area contributed by atoms with Crippen molar-refractivity contribution in [3.8, 4) is 0 Å². The Kier molecular flexibility index (Phi) is 64.4. The second kappa shape index (κ2) is 66.4. The molecule has 4 atom stereocenters. The van der Waals surface area contributed by atoms with Gasteiger partial charge in [-0.25, -0.2) is 0 Å². The van der Waals surface area contributed by atoms with Gasteiger partial charge in [-0.05, 0) is 25.7 Å². The van der Waals surface area contributed by atoms with Gasteiger partial charge in [0.15, 0.2) is 0 Å². The molecule has 1 heterocycles. The molecule has 0 aromatic carbocycles. The molecule has 1 aliphatic rings. The number of nitrogens with zero attached hydrogens (tertiary/aromatic N) is 6. The molecule has 1 aliphatic heterocycles. The number of carboxylic acid groups (broad SMARTS) is 4. The van der Waals surface area contributed by atoms with Crippen molar-refractivity contribution in [2.75, 3.05) is 303 Å². The molecular weight excluding hydrogens is 1850 g/mol. The van der Waals surface area contributed by atoms with Crippen LogP contribution in [0.15, 0.2) is 0 Å². The van der Waals surface area contributed by atoms with Gasteiger partial charge in [-0.1, -0.05) is 55.4 Å². The Morgan fingerprint density at radius 2 is 0.465 bits per heavy atom. The van der Waals surface area contributed by atoms with Gasteiger partial charge >= 0.3 is 39.9 Å². The van der Waals surface area contributed by atoms with Gasteiger partial charge in [-0.3, -0.25) is 38.8 Å². The minimum Gasteiger partial charge on any atom is -0.548 e. The van der Waals surface area contributed by atoms with Gasteiger partial charge in [0.1, 0.15) is 0 Å². The molecule has 4 amide bonds. The molecule has 0 bridgehead atoms. The normalized spacial score (nSPS) is 15.6. The predicted octanol–water partition coefficient (Wildman–Crippen LogP) is -12.3. The van der Waals surface area contributed by atoms with E-state index in [2.05, 4.69) is 10.6 Å². The first-order valence-corrected chi connectivity index (χ1v) is 43.6. The number of amides is 4. The maximum absolute atomic E-state index is 14.1. The van der Waals surface area contributed by atoms with E-state index >= 15 is 0 Å². The number of carboxylic acids is 4. The Hall–Kier alpha value is -4.04. The van der Waals surface area contributed by atoms with Crippen molar-refractivity contribution in [2.45, 2.75) is 118 Å². The van der Waals surface area contributed by atoms with E-state index in [1.165, 1.54) is 29.4 Å². The van der Waals surface area contributed by atoms with Gasteiger partial charge in [-0.2, -0.15) is 0 Å². The summed E-state index contributed by atoms with van der Waals surface area (Å²) in [4.78, 5) is 118. The Morgan fingerprint density at radius 1 is 0.302 bits per heavy atom. The van der Waals surface area contributed by atoms with Crippen molar-refractivity contribution < 1.29 is 218 Å². The van der Waals surface area contributed by atoms with Crippen LogP contribution < -0.4 is 31.1 Å². The fourth-order valence-electron chi connectivity index (χ4n) is 12.9. The minimum absolute atomic E-state index is 0. The van der Waals surface area contributed by atoms with Crippen molar-refractivity contribution in [3.05, 3.63) is 0 Å². The van der Waals surface area contributed by atoms with Crippen LogP contribution in [0.5, 0.6) is 0 Å². The molecule has 1 saturated heterocycles. The fraction of sp³-hybridized carbons (Fsp3) is 0.905. The Labute approximate surface area is 790 Å². The molecule has 757 valence electrons. The maximum atomic E-state index is 14.1. The van der Waals surface area contributed by atoms with E-state index < -0.39 is 323 Å². The van der Waals surface area contributed by atoms with Crippen molar-refractivity contribution >= 4 is 48.5 Å². The summed E-state index contributed by atoms with van der Waals surface area (Å²) < 4.78 is 47.2. The summed E-state index contributed by atoms with van der Waals surface area (Å²) in [5, 5.41) is 221. The van der Waals surface area contributed by atoms with Gasteiger partial charge in [0.05, 0.1) is 247 Å². The van der Waals surface area contributed by atoms with E-state index in [9.17, 15) is 140 Å². The zero-order valence-electron chi connectivity index (χ0n) is 76.9. The largest absolute Gasteiger partial charge is 3.00 e. The number of hydrogen-bond acceptors (Lipinski definition) is 40. The zero-order chi connectivity index (χ0) is 96.8. The van der Waals surface area contributed by atoms with Gasteiger partial charge in [0, 0.05) is 184 Å². The van der Waals surface area contributed by atoms with Gasteiger partial charge in [-0.15, -0.1) is 0 Å². The Balaban J connectivity index is 0.000164. The molecule has 1 radical (unpaired) electrons.